The van der Waals surface area contributed by atoms with Crippen LogP contribution in [0.5, 0.6) is 0 Å². The van der Waals surface area contributed by atoms with Crippen LogP contribution in [0.25, 0.3) is 0 Å². The third-order valence-electron chi connectivity index (χ3n) is 4.32. The summed E-state index contributed by atoms with van der Waals surface area (Å²) in [6.45, 7) is 6.56. The summed E-state index contributed by atoms with van der Waals surface area (Å²) in [4.78, 5) is 2.28. The lowest BCUT2D eigenvalue weighted by Crippen LogP contribution is -2.22. The molecule has 1 aliphatic rings. The van der Waals surface area contributed by atoms with Gasteiger partial charge in [-0.1, -0.05) is 6.07 Å². The van der Waals surface area contributed by atoms with Crippen LogP contribution >= 0.6 is 0 Å². The minimum absolute atomic E-state index is 0.584. The van der Waals surface area contributed by atoms with E-state index in [-0.39, 0.29) is 0 Å². The van der Waals surface area contributed by atoms with Crippen LogP contribution < -0.4 is 10.2 Å². The summed E-state index contributed by atoms with van der Waals surface area (Å²) in [6.07, 6.45) is 2.38. The van der Waals surface area contributed by atoms with Crippen molar-refractivity contribution >= 4 is 17.1 Å². The van der Waals surface area contributed by atoms with E-state index in [4.69, 9.17) is 0 Å². The molecule has 1 heterocycles. The Morgan fingerprint density at radius 2 is 1.71 bits per heavy atom. The van der Waals surface area contributed by atoms with Gasteiger partial charge in [0.15, 0.2) is 0 Å². The Hall–Kier alpha value is -1.96. The van der Waals surface area contributed by atoms with Gasteiger partial charge in [0.25, 0.3) is 0 Å². The zero-order chi connectivity index (χ0) is 15.0. The number of fused-ring (bicyclic) bond motifs is 1. The highest BCUT2D eigenvalue weighted by molar-refractivity contribution is 5.68. The van der Waals surface area contributed by atoms with E-state index in [1.807, 2.05) is 0 Å². The molecule has 0 saturated carbocycles. The summed E-state index contributed by atoms with van der Waals surface area (Å²) in [5.74, 6) is 0. The second-order valence-electron chi connectivity index (χ2n) is 6.33. The lowest BCUT2D eigenvalue weighted by molar-refractivity contribution is 0.681. The number of anilines is 3. The molecule has 3 rings (SSSR count). The van der Waals surface area contributed by atoms with Crippen LogP contribution in [0.15, 0.2) is 36.4 Å². The van der Waals surface area contributed by atoms with Gasteiger partial charge in [0.2, 0.25) is 0 Å². The normalized spacial score (nSPS) is 17.0. The highest BCUT2D eigenvalue weighted by Gasteiger charge is 2.15. The Morgan fingerprint density at radius 3 is 2.43 bits per heavy atom. The number of aryl methyl sites for hydroxylation is 3. The van der Waals surface area contributed by atoms with Crippen LogP contribution in [-0.4, -0.2) is 13.1 Å². The summed E-state index contributed by atoms with van der Waals surface area (Å²) in [5, 5.41) is 3.57. The number of benzene rings is 2. The fourth-order valence-corrected chi connectivity index (χ4v) is 3.14. The number of hydrogen-bond donors (Lipinski definition) is 1. The minimum atomic E-state index is 0.584. The topological polar surface area (TPSA) is 15.3 Å². The third-order valence-corrected chi connectivity index (χ3v) is 4.32. The van der Waals surface area contributed by atoms with Crippen molar-refractivity contribution in [2.45, 2.75) is 39.7 Å². The Balaban J connectivity index is 1.93. The molecule has 2 nitrogen and oxygen atoms in total. The number of nitrogens with zero attached hydrogens (tertiary/aromatic N) is 1. The van der Waals surface area contributed by atoms with E-state index in [1.165, 1.54) is 40.2 Å². The van der Waals surface area contributed by atoms with Crippen molar-refractivity contribution in [3.8, 4) is 0 Å². The molecule has 1 atom stereocenters. The van der Waals surface area contributed by atoms with Crippen molar-refractivity contribution in [3.63, 3.8) is 0 Å². The molecule has 1 aliphatic heterocycles. The van der Waals surface area contributed by atoms with E-state index < -0.39 is 0 Å². The van der Waals surface area contributed by atoms with Crippen molar-refractivity contribution in [3.05, 3.63) is 53.1 Å². The smallest absolute Gasteiger partial charge is 0.0413 e. The molecule has 0 aliphatic carbocycles. The lowest BCUT2D eigenvalue weighted by Gasteiger charge is -2.27. The monoisotopic (exact) mass is 280 g/mol. The summed E-state index contributed by atoms with van der Waals surface area (Å²) in [7, 11) is 2.15. The predicted octanol–water partition coefficient (Wildman–Crippen LogP) is 4.82. The molecule has 2 aromatic carbocycles. The van der Waals surface area contributed by atoms with Crippen LogP contribution in [0.1, 0.15) is 30.0 Å². The predicted molar refractivity (Wildman–Crippen MR) is 91.8 cm³/mol. The fraction of sp³-hybridized carbons (Fsp3) is 0.368. The van der Waals surface area contributed by atoms with E-state index >= 15 is 0 Å². The van der Waals surface area contributed by atoms with Crippen molar-refractivity contribution in [1.82, 2.24) is 0 Å². The maximum Gasteiger partial charge on any atom is 0.0413 e. The molecule has 0 fully saturated rings. The van der Waals surface area contributed by atoms with Gasteiger partial charge in [-0.15, -0.1) is 0 Å². The quantitative estimate of drug-likeness (QED) is 0.848. The Morgan fingerprint density at radius 1 is 1.00 bits per heavy atom. The first-order valence-electron chi connectivity index (χ1n) is 7.74. The largest absolute Gasteiger partial charge is 0.382 e. The van der Waals surface area contributed by atoms with E-state index in [9.17, 15) is 0 Å². The zero-order valence-electron chi connectivity index (χ0n) is 13.4. The molecule has 21 heavy (non-hydrogen) atoms. The maximum absolute atomic E-state index is 3.57. The van der Waals surface area contributed by atoms with Gasteiger partial charge in [-0.2, -0.15) is 0 Å². The number of rotatable bonds is 2. The van der Waals surface area contributed by atoms with Gasteiger partial charge in [-0.25, -0.2) is 0 Å². The van der Waals surface area contributed by atoms with Crippen LogP contribution in [0, 0.1) is 13.8 Å². The van der Waals surface area contributed by atoms with Crippen LogP contribution in [-0.2, 0) is 6.42 Å². The molecular formula is C19H24N2. The highest BCUT2D eigenvalue weighted by Crippen LogP contribution is 2.32. The molecule has 0 bridgehead atoms. The summed E-state index contributed by atoms with van der Waals surface area (Å²) < 4.78 is 0. The van der Waals surface area contributed by atoms with Crippen LogP contribution in [0.3, 0.4) is 0 Å². The van der Waals surface area contributed by atoms with Gasteiger partial charge < -0.3 is 10.2 Å². The minimum Gasteiger partial charge on any atom is -0.382 e. The van der Waals surface area contributed by atoms with E-state index in [1.54, 1.807) is 0 Å². The Bertz CT molecular complexity index is 640. The average Bonchev–Trinajstić information content (AvgIpc) is 2.45. The van der Waals surface area contributed by atoms with E-state index in [0.29, 0.717) is 6.04 Å². The summed E-state index contributed by atoms with van der Waals surface area (Å²) in [5.41, 5.74) is 7.86. The Labute approximate surface area is 127 Å². The molecule has 2 aromatic rings. The molecule has 1 N–H and O–H groups in total. The molecule has 110 valence electrons. The van der Waals surface area contributed by atoms with E-state index in [2.05, 4.69) is 74.4 Å². The summed E-state index contributed by atoms with van der Waals surface area (Å²) in [6, 6.07) is 14.0. The van der Waals surface area contributed by atoms with E-state index in [0.717, 1.165) is 6.42 Å². The first-order valence-corrected chi connectivity index (χ1v) is 7.74. The fourth-order valence-electron chi connectivity index (χ4n) is 3.14. The van der Waals surface area contributed by atoms with Crippen molar-refractivity contribution in [1.29, 1.82) is 0 Å². The first kappa shape index (κ1) is 14.0. The third kappa shape index (κ3) is 2.90. The number of nitrogens with one attached hydrogen (secondary N) is 1. The molecule has 1 unspecified atom stereocenters. The molecule has 0 amide bonds. The van der Waals surface area contributed by atoms with Crippen molar-refractivity contribution in [2.24, 2.45) is 0 Å². The molecule has 0 saturated heterocycles. The maximum atomic E-state index is 3.57. The van der Waals surface area contributed by atoms with Gasteiger partial charge in [0.1, 0.15) is 0 Å². The van der Waals surface area contributed by atoms with Crippen LogP contribution in [0.2, 0.25) is 0 Å². The first-order chi connectivity index (χ1) is 10.0. The van der Waals surface area contributed by atoms with Gasteiger partial charge in [-0.05, 0) is 80.6 Å². The number of hydrogen-bond acceptors (Lipinski definition) is 2. The van der Waals surface area contributed by atoms with Crippen molar-refractivity contribution < 1.29 is 0 Å². The van der Waals surface area contributed by atoms with Gasteiger partial charge in [0.05, 0.1) is 0 Å². The molecular weight excluding hydrogens is 256 g/mol. The van der Waals surface area contributed by atoms with Gasteiger partial charge in [-0.3, -0.25) is 0 Å². The second kappa shape index (κ2) is 5.44. The zero-order valence-corrected chi connectivity index (χ0v) is 13.4. The van der Waals surface area contributed by atoms with Gasteiger partial charge in [0, 0.05) is 30.2 Å². The average molecular weight is 280 g/mol. The molecule has 0 aromatic heterocycles. The Kier molecular flexibility index (Phi) is 3.62. The second-order valence-corrected chi connectivity index (χ2v) is 6.33. The lowest BCUT2D eigenvalue weighted by atomic mass is 9.98. The highest BCUT2D eigenvalue weighted by atomic mass is 15.1. The van der Waals surface area contributed by atoms with Gasteiger partial charge >= 0.3 is 0 Å². The van der Waals surface area contributed by atoms with Crippen molar-refractivity contribution in [2.75, 3.05) is 17.3 Å². The molecule has 0 spiro atoms. The molecule has 2 heteroatoms. The molecule has 0 radical (unpaired) electrons. The SMILES string of the molecule is Cc1cc(C)cc(N(C)c2ccc3c(c2)CCC(C)N3)c1. The summed E-state index contributed by atoms with van der Waals surface area (Å²) >= 11 is 0. The van der Waals surface area contributed by atoms with Crippen LogP contribution in [0.4, 0.5) is 17.1 Å². The standard InChI is InChI=1S/C19H24N2/c1-13-9-14(2)11-18(10-13)21(4)17-7-8-19-16(12-17)6-5-15(3)20-19/h7-12,15,20H,5-6H2,1-4H3.